The van der Waals surface area contributed by atoms with Crippen molar-refractivity contribution in [1.29, 1.82) is 0 Å². The molecule has 0 bridgehead atoms. The Kier molecular flexibility index (Phi) is 5.49. The summed E-state index contributed by atoms with van der Waals surface area (Å²) in [5.41, 5.74) is 0.557. The van der Waals surface area contributed by atoms with Crippen molar-refractivity contribution in [2.75, 3.05) is 33.8 Å². The summed E-state index contributed by atoms with van der Waals surface area (Å²) in [5.74, 6) is 0. The highest BCUT2D eigenvalue weighted by Crippen LogP contribution is 2.38. The molecule has 3 nitrogen and oxygen atoms in total. The van der Waals surface area contributed by atoms with E-state index in [1.807, 2.05) is 0 Å². The lowest BCUT2D eigenvalue weighted by atomic mass is 9.78. The molecule has 20 heavy (non-hydrogen) atoms. The van der Waals surface area contributed by atoms with Crippen molar-refractivity contribution in [2.24, 2.45) is 5.41 Å². The highest BCUT2D eigenvalue weighted by atomic mass is 16.5. The van der Waals surface area contributed by atoms with Crippen LogP contribution in [0.5, 0.6) is 0 Å². The fourth-order valence-electron chi connectivity index (χ4n) is 4.08. The maximum Gasteiger partial charge on any atom is 0.0697 e. The molecule has 3 heteroatoms. The van der Waals surface area contributed by atoms with Gasteiger partial charge in [-0.05, 0) is 45.2 Å². The zero-order valence-corrected chi connectivity index (χ0v) is 14.0. The summed E-state index contributed by atoms with van der Waals surface area (Å²) in [4.78, 5) is 2.29. The summed E-state index contributed by atoms with van der Waals surface area (Å²) in [7, 11) is 4.32. The summed E-state index contributed by atoms with van der Waals surface area (Å²) in [6.07, 6.45) is 9.10. The molecule has 0 aromatic carbocycles. The van der Waals surface area contributed by atoms with Crippen LogP contribution in [0.3, 0.4) is 0 Å². The van der Waals surface area contributed by atoms with Gasteiger partial charge in [-0.3, -0.25) is 0 Å². The molecule has 0 aromatic rings. The van der Waals surface area contributed by atoms with Crippen LogP contribution in [0.15, 0.2) is 0 Å². The normalized spacial score (nSPS) is 27.1. The molecule has 2 aliphatic rings. The zero-order valence-electron chi connectivity index (χ0n) is 14.0. The second kappa shape index (κ2) is 6.76. The lowest BCUT2D eigenvalue weighted by Gasteiger charge is -2.44. The van der Waals surface area contributed by atoms with Gasteiger partial charge in [0.25, 0.3) is 0 Å². The molecule has 1 N–H and O–H groups in total. The predicted octanol–water partition coefficient (Wildman–Crippen LogP) is 3.05. The molecule has 1 saturated heterocycles. The lowest BCUT2D eigenvalue weighted by molar-refractivity contribution is -0.109. The van der Waals surface area contributed by atoms with Gasteiger partial charge in [-0.1, -0.05) is 33.1 Å². The zero-order chi connectivity index (χ0) is 14.6. The molecular formula is C17H34N2O. The van der Waals surface area contributed by atoms with E-state index in [1.165, 1.54) is 44.9 Å². The molecule has 1 unspecified atom stereocenters. The van der Waals surface area contributed by atoms with Gasteiger partial charge in [-0.25, -0.2) is 0 Å². The smallest absolute Gasteiger partial charge is 0.0697 e. The van der Waals surface area contributed by atoms with Gasteiger partial charge >= 0.3 is 0 Å². The van der Waals surface area contributed by atoms with Crippen molar-refractivity contribution < 1.29 is 4.74 Å². The van der Waals surface area contributed by atoms with Gasteiger partial charge in [0, 0.05) is 25.7 Å². The molecule has 1 aliphatic heterocycles. The monoisotopic (exact) mass is 282 g/mol. The standard InChI is InChI=1S/C17H34N2O/c1-16(2,14-19(3)4)13-18-15-8-11-20-17(12-15)9-6-5-7-10-17/h15,18H,5-14H2,1-4H3. The Bertz CT molecular complexity index is 290. The van der Waals surface area contributed by atoms with Crippen molar-refractivity contribution in [2.45, 2.75) is 70.4 Å². The molecular weight excluding hydrogens is 248 g/mol. The fourth-order valence-corrected chi connectivity index (χ4v) is 4.08. The minimum absolute atomic E-state index is 0.222. The highest BCUT2D eigenvalue weighted by molar-refractivity contribution is 4.92. The number of hydrogen-bond acceptors (Lipinski definition) is 3. The van der Waals surface area contributed by atoms with E-state index < -0.39 is 0 Å². The van der Waals surface area contributed by atoms with Gasteiger partial charge in [-0.15, -0.1) is 0 Å². The average molecular weight is 282 g/mol. The van der Waals surface area contributed by atoms with Crippen LogP contribution in [0, 0.1) is 5.41 Å². The van der Waals surface area contributed by atoms with E-state index in [1.54, 1.807) is 0 Å². The molecule has 1 saturated carbocycles. The molecule has 0 amide bonds. The minimum atomic E-state index is 0.222. The number of rotatable bonds is 5. The summed E-state index contributed by atoms with van der Waals surface area (Å²) in [5, 5.41) is 3.83. The third kappa shape index (κ3) is 4.71. The van der Waals surface area contributed by atoms with Gasteiger partial charge in [0.1, 0.15) is 0 Å². The van der Waals surface area contributed by atoms with Crippen molar-refractivity contribution in [3.05, 3.63) is 0 Å². The largest absolute Gasteiger partial charge is 0.375 e. The molecule has 2 fully saturated rings. The summed E-state index contributed by atoms with van der Waals surface area (Å²) < 4.78 is 6.18. The number of hydrogen-bond donors (Lipinski definition) is 1. The van der Waals surface area contributed by atoms with Gasteiger partial charge in [0.05, 0.1) is 5.60 Å². The van der Waals surface area contributed by atoms with Crippen LogP contribution in [0.1, 0.15) is 58.8 Å². The Morgan fingerprint density at radius 1 is 1.20 bits per heavy atom. The van der Waals surface area contributed by atoms with Crippen molar-refractivity contribution in [3.63, 3.8) is 0 Å². The Balaban J connectivity index is 1.81. The van der Waals surface area contributed by atoms with Crippen LogP contribution in [-0.2, 0) is 4.74 Å². The highest BCUT2D eigenvalue weighted by Gasteiger charge is 2.38. The Morgan fingerprint density at radius 2 is 1.90 bits per heavy atom. The molecule has 118 valence electrons. The Morgan fingerprint density at radius 3 is 2.55 bits per heavy atom. The van der Waals surface area contributed by atoms with Crippen LogP contribution < -0.4 is 5.32 Å². The maximum absolute atomic E-state index is 6.18. The van der Waals surface area contributed by atoms with Crippen molar-refractivity contribution >= 4 is 0 Å². The third-order valence-electron chi connectivity index (χ3n) is 4.87. The first kappa shape index (κ1) is 16.3. The minimum Gasteiger partial charge on any atom is -0.375 e. The van der Waals surface area contributed by atoms with Crippen LogP contribution >= 0.6 is 0 Å². The van der Waals surface area contributed by atoms with Gasteiger partial charge in [0.2, 0.25) is 0 Å². The number of ether oxygens (including phenoxy) is 1. The first-order valence-corrected chi connectivity index (χ1v) is 8.43. The van der Waals surface area contributed by atoms with Crippen LogP contribution in [0.2, 0.25) is 0 Å². The molecule has 0 radical (unpaired) electrons. The lowest BCUT2D eigenvalue weighted by Crippen LogP contribution is -2.50. The fraction of sp³-hybridized carbons (Fsp3) is 1.00. The summed E-state index contributed by atoms with van der Waals surface area (Å²) >= 11 is 0. The van der Waals surface area contributed by atoms with E-state index in [-0.39, 0.29) is 5.60 Å². The van der Waals surface area contributed by atoms with Crippen LogP contribution in [0.4, 0.5) is 0 Å². The van der Waals surface area contributed by atoms with Gasteiger partial charge in [0.15, 0.2) is 0 Å². The van der Waals surface area contributed by atoms with Gasteiger partial charge in [-0.2, -0.15) is 0 Å². The van der Waals surface area contributed by atoms with E-state index in [0.29, 0.717) is 11.5 Å². The first-order valence-electron chi connectivity index (χ1n) is 8.43. The van der Waals surface area contributed by atoms with E-state index in [0.717, 1.165) is 19.7 Å². The van der Waals surface area contributed by atoms with E-state index in [4.69, 9.17) is 4.74 Å². The molecule has 1 aliphatic carbocycles. The van der Waals surface area contributed by atoms with Crippen LogP contribution in [-0.4, -0.2) is 50.3 Å². The number of nitrogens with zero attached hydrogens (tertiary/aromatic N) is 1. The number of nitrogens with one attached hydrogen (secondary N) is 1. The molecule has 1 spiro atoms. The Labute approximate surface area is 125 Å². The second-order valence-corrected chi connectivity index (χ2v) is 8.06. The van der Waals surface area contributed by atoms with Crippen molar-refractivity contribution in [1.82, 2.24) is 10.2 Å². The van der Waals surface area contributed by atoms with Crippen LogP contribution in [0.25, 0.3) is 0 Å². The molecule has 1 atom stereocenters. The van der Waals surface area contributed by atoms with E-state index in [2.05, 4.69) is 38.2 Å². The third-order valence-corrected chi connectivity index (χ3v) is 4.87. The van der Waals surface area contributed by atoms with E-state index >= 15 is 0 Å². The first-order chi connectivity index (χ1) is 9.41. The summed E-state index contributed by atoms with van der Waals surface area (Å²) in [6, 6.07) is 0.656. The quantitative estimate of drug-likeness (QED) is 0.839. The van der Waals surface area contributed by atoms with E-state index in [9.17, 15) is 0 Å². The van der Waals surface area contributed by atoms with Crippen molar-refractivity contribution in [3.8, 4) is 0 Å². The average Bonchev–Trinajstić information content (AvgIpc) is 2.36. The van der Waals surface area contributed by atoms with Gasteiger partial charge < -0.3 is 15.0 Å². The molecule has 1 heterocycles. The SMILES string of the molecule is CN(C)CC(C)(C)CNC1CCOC2(CCCCC2)C1. The topological polar surface area (TPSA) is 24.5 Å². The predicted molar refractivity (Wildman–Crippen MR) is 85.1 cm³/mol. The summed E-state index contributed by atoms with van der Waals surface area (Å²) in [6.45, 7) is 7.90. The maximum atomic E-state index is 6.18. The molecule has 2 rings (SSSR count). The Hall–Kier alpha value is -0.120. The molecule has 0 aromatic heterocycles. The second-order valence-electron chi connectivity index (χ2n) is 8.06.